The molecule has 3 aromatic rings. The number of benzene rings is 1. The van der Waals surface area contributed by atoms with Gasteiger partial charge in [-0.25, -0.2) is 4.98 Å². The van der Waals surface area contributed by atoms with Crippen molar-refractivity contribution in [2.24, 2.45) is 0 Å². The molecular weight excluding hydrogens is 302 g/mol. The summed E-state index contributed by atoms with van der Waals surface area (Å²) in [5.41, 5.74) is 2.46. The molecule has 0 spiro atoms. The third kappa shape index (κ3) is 3.38. The molecule has 1 amide bonds. The maximum Gasteiger partial charge on any atom is 0.262 e. The second-order valence-corrected chi connectivity index (χ2v) is 5.29. The van der Waals surface area contributed by atoms with Crippen LogP contribution in [0.25, 0.3) is 5.65 Å². The lowest BCUT2D eigenvalue weighted by Gasteiger charge is -2.08. The maximum atomic E-state index is 11.9. The number of imidazole rings is 1. The fraction of sp³-hybridized carbons (Fsp3) is 0.125. The molecule has 2 heterocycles. The highest BCUT2D eigenvalue weighted by molar-refractivity contribution is 6.30. The average molecular weight is 316 g/mol. The number of ether oxygens (including phenoxy) is 1. The Hall–Kier alpha value is -2.53. The number of aryl methyl sites for hydroxylation is 1. The van der Waals surface area contributed by atoms with Crippen molar-refractivity contribution in [2.45, 2.75) is 6.92 Å². The van der Waals surface area contributed by atoms with E-state index < -0.39 is 0 Å². The van der Waals surface area contributed by atoms with Crippen molar-refractivity contribution in [3.8, 4) is 5.75 Å². The van der Waals surface area contributed by atoms with Crippen molar-refractivity contribution in [3.05, 3.63) is 59.5 Å². The number of hydrogen-bond donors (Lipinski definition) is 1. The van der Waals surface area contributed by atoms with E-state index in [4.69, 9.17) is 16.3 Å². The van der Waals surface area contributed by atoms with Gasteiger partial charge in [-0.1, -0.05) is 11.6 Å². The van der Waals surface area contributed by atoms with Gasteiger partial charge in [0.15, 0.2) is 6.61 Å². The summed E-state index contributed by atoms with van der Waals surface area (Å²) >= 11 is 5.79. The molecule has 1 N–H and O–H groups in total. The molecule has 1 aromatic carbocycles. The van der Waals surface area contributed by atoms with Crippen molar-refractivity contribution in [1.82, 2.24) is 9.38 Å². The molecule has 0 bridgehead atoms. The number of amides is 1. The molecule has 0 aliphatic heterocycles. The number of carbonyl (C=O) groups excluding carboxylic acids is 1. The van der Waals surface area contributed by atoms with Gasteiger partial charge in [0.25, 0.3) is 5.91 Å². The predicted molar refractivity (Wildman–Crippen MR) is 85.5 cm³/mol. The van der Waals surface area contributed by atoms with Crippen LogP contribution in [0.15, 0.2) is 48.8 Å². The minimum absolute atomic E-state index is 0.0668. The SMILES string of the molecule is Cc1cn2cc(NC(=O)COc3ccc(Cl)cc3)ccc2n1. The first-order valence-corrected chi connectivity index (χ1v) is 7.11. The number of nitrogens with zero attached hydrogens (tertiary/aromatic N) is 2. The summed E-state index contributed by atoms with van der Waals surface area (Å²) in [4.78, 5) is 16.2. The van der Waals surface area contributed by atoms with Crippen LogP contribution in [0.1, 0.15) is 5.69 Å². The van der Waals surface area contributed by atoms with Crippen molar-refractivity contribution in [1.29, 1.82) is 0 Å². The average Bonchev–Trinajstić information content (AvgIpc) is 2.86. The van der Waals surface area contributed by atoms with Crippen molar-refractivity contribution >= 4 is 28.8 Å². The molecule has 6 heteroatoms. The smallest absolute Gasteiger partial charge is 0.262 e. The number of rotatable bonds is 4. The summed E-state index contributed by atoms with van der Waals surface area (Å²) in [7, 11) is 0. The van der Waals surface area contributed by atoms with Gasteiger partial charge in [-0.3, -0.25) is 4.79 Å². The Bertz CT molecular complexity index is 812. The van der Waals surface area contributed by atoms with Gasteiger partial charge in [-0.05, 0) is 43.3 Å². The van der Waals surface area contributed by atoms with Crippen LogP contribution in [0, 0.1) is 6.92 Å². The molecular formula is C16H14ClN3O2. The molecule has 0 unspecified atom stereocenters. The quantitative estimate of drug-likeness (QED) is 0.803. The van der Waals surface area contributed by atoms with Gasteiger partial charge in [-0.15, -0.1) is 0 Å². The Kier molecular flexibility index (Phi) is 3.98. The summed E-state index contributed by atoms with van der Waals surface area (Å²) in [6.45, 7) is 1.85. The Morgan fingerprint density at radius 1 is 1.23 bits per heavy atom. The highest BCUT2D eigenvalue weighted by atomic mass is 35.5. The zero-order valence-electron chi connectivity index (χ0n) is 11.9. The lowest BCUT2D eigenvalue weighted by atomic mass is 10.3. The molecule has 0 aliphatic rings. The van der Waals surface area contributed by atoms with E-state index in [0.717, 1.165) is 11.3 Å². The summed E-state index contributed by atoms with van der Waals surface area (Å²) in [6, 6.07) is 10.5. The first-order valence-electron chi connectivity index (χ1n) is 6.74. The van der Waals surface area contributed by atoms with Crippen molar-refractivity contribution in [3.63, 3.8) is 0 Å². The van der Waals surface area contributed by atoms with Gasteiger partial charge in [0.05, 0.1) is 11.4 Å². The normalized spacial score (nSPS) is 10.6. The molecule has 0 aliphatic carbocycles. The van der Waals surface area contributed by atoms with E-state index in [1.165, 1.54) is 0 Å². The van der Waals surface area contributed by atoms with Crippen LogP contribution in [0.2, 0.25) is 5.02 Å². The largest absolute Gasteiger partial charge is 0.484 e. The molecule has 22 heavy (non-hydrogen) atoms. The molecule has 0 atom stereocenters. The van der Waals surface area contributed by atoms with Crippen LogP contribution in [0.4, 0.5) is 5.69 Å². The van der Waals surface area contributed by atoms with E-state index >= 15 is 0 Å². The molecule has 3 rings (SSSR count). The van der Waals surface area contributed by atoms with E-state index in [1.54, 1.807) is 24.3 Å². The van der Waals surface area contributed by atoms with Gasteiger partial charge in [0, 0.05) is 17.4 Å². The zero-order valence-corrected chi connectivity index (χ0v) is 12.7. The van der Waals surface area contributed by atoms with E-state index in [2.05, 4.69) is 10.3 Å². The first kappa shape index (κ1) is 14.4. The molecule has 0 radical (unpaired) electrons. The number of hydrogen-bond acceptors (Lipinski definition) is 3. The van der Waals surface area contributed by atoms with Crippen LogP contribution in [-0.4, -0.2) is 21.9 Å². The highest BCUT2D eigenvalue weighted by Gasteiger charge is 2.05. The third-order valence-corrected chi connectivity index (χ3v) is 3.29. The topological polar surface area (TPSA) is 55.6 Å². The molecule has 2 aromatic heterocycles. The maximum absolute atomic E-state index is 11.9. The Morgan fingerprint density at radius 2 is 2.00 bits per heavy atom. The predicted octanol–water partition coefficient (Wildman–Crippen LogP) is 3.31. The highest BCUT2D eigenvalue weighted by Crippen LogP contribution is 2.16. The number of pyridine rings is 1. The molecule has 0 saturated heterocycles. The number of aromatic nitrogens is 2. The summed E-state index contributed by atoms with van der Waals surface area (Å²) in [5, 5.41) is 3.41. The van der Waals surface area contributed by atoms with E-state index in [0.29, 0.717) is 16.5 Å². The van der Waals surface area contributed by atoms with Gasteiger partial charge >= 0.3 is 0 Å². The lowest BCUT2D eigenvalue weighted by Crippen LogP contribution is -2.20. The lowest BCUT2D eigenvalue weighted by molar-refractivity contribution is -0.118. The fourth-order valence-corrected chi connectivity index (χ4v) is 2.20. The van der Waals surface area contributed by atoms with E-state index in [9.17, 15) is 4.79 Å². The number of fused-ring (bicyclic) bond motifs is 1. The molecule has 0 fully saturated rings. The zero-order chi connectivity index (χ0) is 15.5. The monoisotopic (exact) mass is 315 g/mol. The fourth-order valence-electron chi connectivity index (χ4n) is 2.07. The van der Waals surface area contributed by atoms with Crippen molar-refractivity contribution in [2.75, 3.05) is 11.9 Å². The molecule has 5 nitrogen and oxygen atoms in total. The molecule has 112 valence electrons. The van der Waals surface area contributed by atoms with Crippen LogP contribution >= 0.6 is 11.6 Å². The van der Waals surface area contributed by atoms with Gasteiger partial charge < -0.3 is 14.5 Å². The summed E-state index contributed by atoms with van der Waals surface area (Å²) < 4.78 is 7.26. The van der Waals surface area contributed by atoms with Crippen LogP contribution < -0.4 is 10.1 Å². The Morgan fingerprint density at radius 3 is 2.77 bits per heavy atom. The first-order chi connectivity index (χ1) is 10.6. The second kappa shape index (κ2) is 6.07. The summed E-state index contributed by atoms with van der Waals surface area (Å²) in [6.07, 6.45) is 3.71. The van der Waals surface area contributed by atoms with Crippen LogP contribution in [0.3, 0.4) is 0 Å². The van der Waals surface area contributed by atoms with Crippen LogP contribution in [-0.2, 0) is 4.79 Å². The summed E-state index contributed by atoms with van der Waals surface area (Å²) in [5.74, 6) is 0.367. The Balaban J connectivity index is 1.61. The minimum atomic E-state index is -0.230. The third-order valence-electron chi connectivity index (χ3n) is 3.04. The van der Waals surface area contributed by atoms with Gasteiger partial charge in [-0.2, -0.15) is 0 Å². The second-order valence-electron chi connectivity index (χ2n) is 4.86. The molecule has 0 saturated carbocycles. The van der Waals surface area contributed by atoms with Crippen molar-refractivity contribution < 1.29 is 9.53 Å². The van der Waals surface area contributed by atoms with E-state index in [1.807, 2.05) is 35.9 Å². The number of carbonyl (C=O) groups is 1. The van der Waals surface area contributed by atoms with Crippen LogP contribution in [0.5, 0.6) is 5.75 Å². The van der Waals surface area contributed by atoms with E-state index in [-0.39, 0.29) is 12.5 Å². The number of nitrogens with one attached hydrogen (secondary N) is 1. The van der Waals surface area contributed by atoms with Gasteiger partial charge in [0.2, 0.25) is 0 Å². The standard InChI is InChI=1S/C16H14ClN3O2/c1-11-8-20-9-13(4-7-15(20)18-11)19-16(21)10-22-14-5-2-12(17)3-6-14/h2-9H,10H2,1H3,(H,19,21). The Labute approximate surface area is 132 Å². The minimum Gasteiger partial charge on any atom is -0.484 e. The number of anilines is 1. The van der Waals surface area contributed by atoms with Gasteiger partial charge in [0.1, 0.15) is 11.4 Å². The number of halogens is 1.